The van der Waals surface area contributed by atoms with Crippen molar-refractivity contribution in [1.29, 1.82) is 0 Å². The molecule has 0 spiro atoms. The van der Waals surface area contributed by atoms with Crippen LogP contribution >= 0.6 is 0 Å². The van der Waals surface area contributed by atoms with Crippen molar-refractivity contribution in [3.63, 3.8) is 0 Å². The van der Waals surface area contributed by atoms with Gasteiger partial charge in [0, 0.05) is 17.9 Å². The van der Waals surface area contributed by atoms with Gasteiger partial charge < -0.3 is 4.90 Å². The fourth-order valence-electron chi connectivity index (χ4n) is 1.70. The summed E-state index contributed by atoms with van der Waals surface area (Å²) in [6.45, 7) is 10.7. The molecule has 0 bridgehead atoms. The second-order valence-corrected chi connectivity index (χ2v) is 4.11. The molecule has 96 valence electrons. The first-order valence-corrected chi connectivity index (χ1v) is 6.11. The highest BCUT2D eigenvalue weighted by molar-refractivity contribution is 5.54. The van der Waals surface area contributed by atoms with Crippen LogP contribution in [0.4, 0.5) is 10.1 Å². The highest BCUT2D eigenvalue weighted by atomic mass is 19.1. The van der Waals surface area contributed by atoms with Gasteiger partial charge in [-0.05, 0) is 51.1 Å². The Morgan fingerprint density at radius 2 is 1.89 bits per heavy atom. The Balaban J connectivity index is 3.00. The normalized spacial score (nSPS) is 11.9. The third-order valence-corrected chi connectivity index (χ3v) is 2.60. The maximum absolute atomic E-state index is 12.9. The number of halogens is 1. The van der Waals surface area contributed by atoms with E-state index in [0.717, 1.165) is 23.5 Å². The number of hydrogen-bond donors (Lipinski definition) is 0. The van der Waals surface area contributed by atoms with Crippen LogP contribution in [0.15, 0.2) is 60.3 Å². The molecule has 1 nitrogen and oxygen atoms in total. The van der Waals surface area contributed by atoms with E-state index in [1.165, 1.54) is 12.1 Å². The molecular formula is C16H20FN. The van der Waals surface area contributed by atoms with Gasteiger partial charge in [0.2, 0.25) is 0 Å². The van der Waals surface area contributed by atoms with E-state index in [0.29, 0.717) is 0 Å². The number of rotatable bonds is 5. The van der Waals surface area contributed by atoms with E-state index in [-0.39, 0.29) is 5.82 Å². The van der Waals surface area contributed by atoms with Gasteiger partial charge >= 0.3 is 0 Å². The van der Waals surface area contributed by atoms with Crippen molar-refractivity contribution >= 4 is 5.69 Å². The maximum atomic E-state index is 12.9. The van der Waals surface area contributed by atoms with E-state index in [2.05, 4.69) is 18.4 Å². The number of hydrogen-bond acceptors (Lipinski definition) is 1. The van der Waals surface area contributed by atoms with Gasteiger partial charge in [-0.2, -0.15) is 0 Å². The summed E-state index contributed by atoms with van der Waals surface area (Å²) in [5, 5.41) is 0. The summed E-state index contributed by atoms with van der Waals surface area (Å²) >= 11 is 0. The Hall–Kier alpha value is -1.83. The van der Waals surface area contributed by atoms with Crippen molar-refractivity contribution in [3.05, 3.63) is 66.2 Å². The van der Waals surface area contributed by atoms with Crippen molar-refractivity contribution in [2.24, 2.45) is 0 Å². The summed E-state index contributed by atoms with van der Waals surface area (Å²) in [5.41, 5.74) is 3.06. The van der Waals surface area contributed by atoms with Gasteiger partial charge in [-0.3, -0.25) is 0 Å². The summed E-state index contributed by atoms with van der Waals surface area (Å²) in [5.74, 6) is -0.214. The van der Waals surface area contributed by atoms with Crippen LogP contribution in [0.25, 0.3) is 0 Å². The summed E-state index contributed by atoms with van der Waals surface area (Å²) in [6.07, 6.45) is 6.03. The number of likely N-dealkylation sites (N-methyl/N-ethyl adjacent to an activating group) is 1. The average Bonchev–Trinajstić information content (AvgIpc) is 2.35. The van der Waals surface area contributed by atoms with Crippen molar-refractivity contribution in [3.8, 4) is 0 Å². The fourth-order valence-corrected chi connectivity index (χ4v) is 1.70. The summed E-state index contributed by atoms with van der Waals surface area (Å²) in [6, 6.07) is 6.54. The fraction of sp³-hybridized carbons (Fsp3) is 0.250. The van der Waals surface area contributed by atoms with E-state index < -0.39 is 0 Å². The Morgan fingerprint density at radius 1 is 1.28 bits per heavy atom. The van der Waals surface area contributed by atoms with E-state index in [9.17, 15) is 4.39 Å². The Bertz CT molecular complexity index is 454. The minimum absolute atomic E-state index is 0.214. The van der Waals surface area contributed by atoms with Gasteiger partial charge in [-0.1, -0.05) is 24.3 Å². The second-order valence-electron chi connectivity index (χ2n) is 4.11. The first-order valence-electron chi connectivity index (χ1n) is 6.11. The molecule has 1 rings (SSSR count). The quantitative estimate of drug-likeness (QED) is 0.680. The molecule has 0 aliphatic heterocycles. The minimum atomic E-state index is -0.214. The van der Waals surface area contributed by atoms with Crippen LogP contribution in [-0.2, 0) is 0 Å². The van der Waals surface area contributed by atoms with Crippen molar-refractivity contribution < 1.29 is 4.39 Å². The first kappa shape index (κ1) is 14.2. The van der Waals surface area contributed by atoms with Gasteiger partial charge in [0.25, 0.3) is 0 Å². The van der Waals surface area contributed by atoms with Gasteiger partial charge in [0.1, 0.15) is 5.82 Å². The molecule has 0 aliphatic rings. The predicted molar refractivity (Wildman–Crippen MR) is 77.1 cm³/mol. The lowest BCUT2D eigenvalue weighted by Gasteiger charge is -2.24. The SMILES string of the molecule is C=C(C)/C=C\C(=C/C)N(CC)c1ccc(F)cc1. The van der Waals surface area contributed by atoms with Gasteiger partial charge in [-0.15, -0.1) is 0 Å². The Kier molecular flexibility index (Phi) is 5.37. The number of nitrogens with zero attached hydrogens (tertiary/aromatic N) is 1. The summed E-state index contributed by atoms with van der Waals surface area (Å²) in [4.78, 5) is 2.12. The number of anilines is 1. The topological polar surface area (TPSA) is 3.24 Å². The largest absolute Gasteiger partial charge is 0.342 e. The zero-order chi connectivity index (χ0) is 13.5. The molecule has 0 saturated heterocycles. The molecule has 18 heavy (non-hydrogen) atoms. The first-order chi connectivity index (χ1) is 8.58. The molecule has 0 heterocycles. The third kappa shape index (κ3) is 3.88. The number of allylic oxidation sites excluding steroid dienone is 4. The molecule has 1 aromatic carbocycles. The van der Waals surface area contributed by atoms with Crippen LogP contribution < -0.4 is 4.90 Å². The van der Waals surface area contributed by atoms with Gasteiger partial charge in [-0.25, -0.2) is 4.39 Å². The molecule has 0 atom stereocenters. The van der Waals surface area contributed by atoms with Crippen LogP contribution in [0.1, 0.15) is 20.8 Å². The van der Waals surface area contributed by atoms with E-state index in [1.807, 2.05) is 32.1 Å². The van der Waals surface area contributed by atoms with Crippen molar-refractivity contribution in [2.45, 2.75) is 20.8 Å². The molecule has 1 aromatic rings. The smallest absolute Gasteiger partial charge is 0.123 e. The van der Waals surface area contributed by atoms with Crippen LogP contribution in [0, 0.1) is 5.82 Å². The van der Waals surface area contributed by atoms with Crippen LogP contribution in [0.3, 0.4) is 0 Å². The maximum Gasteiger partial charge on any atom is 0.123 e. The lowest BCUT2D eigenvalue weighted by Crippen LogP contribution is -2.20. The standard InChI is InChI=1S/C16H20FN/c1-5-15(10-7-13(3)4)18(6-2)16-11-8-14(17)9-12-16/h5,7-12H,3,6H2,1-2,4H3/b10-7-,15-5+. The highest BCUT2D eigenvalue weighted by Gasteiger charge is 2.06. The molecule has 0 aromatic heterocycles. The van der Waals surface area contributed by atoms with E-state index >= 15 is 0 Å². The predicted octanol–water partition coefficient (Wildman–Crippen LogP) is 4.69. The lowest BCUT2D eigenvalue weighted by atomic mass is 10.2. The third-order valence-electron chi connectivity index (χ3n) is 2.60. The molecule has 0 fully saturated rings. The minimum Gasteiger partial charge on any atom is -0.342 e. The Morgan fingerprint density at radius 3 is 2.33 bits per heavy atom. The zero-order valence-electron chi connectivity index (χ0n) is 11.3. The van der Waals surface area contributed by atoms with E-state index in [4.69, 9.17) is 0 Å². The van der Waals surface area contributed by atoms with Crippen molar-refractivity contribution in [1.82, 2.24) is 0 Å². The molecule has 0 radical (unpaired) electrons. The molecular weight excluding hydrogens is 225 g/mol. The van der Waals surface area contributed by atoms with Crippen LogP contribution in [-0.4, -0.2) is 6.54 Å². The Labute approximate surface area is 109 Å². The molecule has 0 amide bonds. The number of benzene rings is 1. The summed E-state index contributed by atoms with van der Waals surface area (Å²) < 4.78 is 12.9. The van der Waals surface area contributed by atoms with Crippen molar-refractivity contribution in [2.75, 3.05) is 11.4 Å². The van der Waals surface area contributed by atoms with Crippen LogP contribution in [0.2, 0.25) is 0 Å². The molecule has 0 saturated carbocycles. The molecule has 2 heteroatoms. The molecule has 0 aliphatic carbocycles. The van der Waals surface area contributed by atoms with Crippen LogP contribution in [0.5, 0.6) is 0 Å². The average molecular weight is 245 g/mol. The van der Waals surface area contributed by atoms with Gasteiger partial charge in [0.05, 0.1) is 0 Å². The molecule has 0 unspecified atom stereocenters. The molecule has 0 N–H and O–H groups in total. The highest BCUT2D eigenvalue weighted by Crippen LogP contribution is 2.20. The monoisotopic (exact) mass is 245 g/mol. The van der Waals surface area contributed by atoms with Gasteiger partial charge in [0.15, 0.2) is 0 Å². The summed E-state index contributed by atoms with van der Waals surface area (Å²) in [7, 11) is 0. The second kappa shape index (κ2) is 6.80. The van der Waals surface area contributed by atoms with E-state index in [1.54, 1.807) is 12.1 Å². The zero-order valence-corrected chi connectivity index (χ0v) is 11.3. The lowest BCUT2D eigenvalue weighted by molar-refractivity contribution is 0.627.